The number of pyridine rings is 1. The number of nitrogens with two attached hydrogens (primary N) is 1. The highest BCUT2D eigenvalue weighted by molar-refractivity contribution is 5.89. The van der Waals surface area contributed by atoms with E-state index in [9.17, 15) is 26.7 Å². The highest BCUT2D eigenvalue weighted by Gasteiger charge is 2.34. The summed E-state index contributed by atoms with van der Waals surface area (Å²) in [7, 11) is 0. The summed E-state index contributed by atoms with van der Waals surface area (Å²) in [4.78, 5) is 13.9. The number of hydrogen-bond donors (Lipinski definition) is 2. The molecule has 3 N–H and O–H groups in total. The van der Waals surface area contributed by atoms with Crippen LogP contribution >= 0.6 is 0 Å². The van der Waals surface area contributed by atoms with Gasteiger partial charge in [-0.25, -0.2) is 18.6 Å². The van der Waals surface area contributed by atoms with E-state index in [1.807, 2.05) is 0 Å². The highest BCUT2D eigenvalue weighted by Crippen LogP contribution is 2.33. The zero-order chi connectivity index (χ0) is 14.8. The van der Waals surface area contributed by atoms with E-state index in [2.05, 4.69) is 9.72 Å². The summed E-state index contributed by atoms with van der Waals surface area (Å²) in [6, 6.07) is 0.326. The van der Waals surface area contributed by atoms with E-state index >= 15 is 0 Å². The molecule has 0 spiro atoms. The van der Waals surface area contributed by atoms with Crippen LogP contribution in [0.1, 0.15) is 28.2 Å². The van der Waals surface area contributed by atoms with Crippen molar-refractivity contribution in [2.75, 3.05) is 0 Å². The molecular formula is C9H7F5N2O3. The Hall–Kier alpha value is -1.97. The first-order valence-corrected chi connectivity index (χ1v) is 4.66. The van der Waals surface area contributed by atoms with E-state index < -0.39 is 48.0 Å². The zero-order valence-corrected chi connectivity index (χ0v) is 9.04. The molecule has 0 bridgehead atoms. The van der Waals surface area contributed by atoms with Crippen molar-refractivity contribution < 1.29 is 36.6 Å². The molecule has 1 aromatic rings. The molecule has 1 rings (SSSR count). The predicted molar refractivity (Wildman–Crippen MR) is 50.7 cm³/mol. The quantitative estimate of drug-likeness (QED) is 0.828. The minimum atomic E-state index is -5.24. The molecule has 0 saturated heterocycles. The van der Waals surface area contributed by atoms with Gasteiger partial charge in [0.1, 0.15) is 5.69 Å². The standard InChI is InChI=1S/C9H7F5N2O3/c10-7(11)6-5(19-9(12,13)14)1-3(8(17)18)4(2-15)16-6/h1,7H,2,15H2,(H,17,18). The number of rotatable bonds is 4. The smallest absolute Gasteiger partial charge is 0.478 e. The van der Waals surface area contributed by atoms with Gasteiger partial charge in [0, 0.05) is 6.54 Å². The Balaban J connectivity index is 3.41. The maximum Gasteiger partial charge on any atom is 0.573 e. The number of alkyl halides is 5. The molecule has 0 radical (unpaired) electrons. The fourth-order valence-corrected chi connectivity index (χ4v) is 1.25. The largest absolute Gasteiger partial charge is 0.573 e. The molecule has 0 aliphatic rings. The molecule has 0 aromatic carbocycles. The van der Waals surface area contributed by atoms with Crippen molar-refractivity contribution in [1.29, 1.82) is 0 Å². The molecule has 0 atom stereocenters. The average molecular weight is 286 g/mol. The van der Waals surface area contributed by atoms with Gasteiger partial charge in [-0.2, -0.15) is 0 Å². The topological polar surface area (TPSA) is 85.4 Å². The highest BCUT2D eigenvalue weighted by atomic mass is 19.4. The van der Waals surface area contributed by atoms with Gasteiger partial charge in [-0.1, -0.05) is 0 Å². The molecular weight excluding hydrogens is 279 g/mol. The van der Waals surface area contributed by atoms with Crippen molar-refractivity contribution in [3.63, 3.8) is 0 Å². The Bertz CT molecular complexity index is 489. The van der Waals surface area contributed by atoms with Gasteiger partial charge in [-0.3, -0.25) is 0 Å². The van der Waals surface area contributed by atoms with Gasteiger partial charge < -0.3 is 15.6 Å². The van der Waals surface area contributed by atoms with Gasteiger partial charge in [0.15, 0.2) is 5.75 Å². The Morgan fingerprint density at radius 3 is 2.42 bits per heavy atom. The SMILES string of the molecule is NCc1nc(C(F)F)c(OC(F)(F)F)cc1C(=O)O. The van der Waals surface area contributed by atoms with E-state index in [4.69, 9.17) is 10.8 Å². The van der Waals surface area contributed by atoms with E-state index in [1.165, 1.54) is 0 Å². The third kappa shape index (κ3) is 3.74. The predicted octanol–water partition coefficient (Wildman–Crippen LogP) is 2.07. The van der Waals surface area contributed by atoms with Gasteiger partial charge in [0.2, 0.25) is 0 Å². The van der Waals surface area contributed by atoms with Gasteiger partial charge >= 0.3 is 12.3 Å². The fourth-order valence-electron chi connectivity index (χ4n) is 1.25. The lowest BCUT2D eigenvalue weighted by atomic mass is 10.1. The molecule has 1 heterocycles. The van der Waals surface area contributed by atoms with Gasteiger partial charge in [0.05, 0.1) is 11.3 Å². The number of halogens is 5. The van der Waals surface area contributed by atoms with Crippen molar-refractivity contribution in [2.24, 2.45) is 5.73 Å². The van der Waals surface area contributed by atoms with E-state index in [-0.39, 0.29) is 0 Å². The zero-order valence-electron chi connectivity index (χ0n) is 9.04. The molecule has 19 heavy (non-hydrogen) atoms. The molecule has 106 valence electrons. The molecule has 0 aliphatic heterocycles. The third-order valence-corrected chi connectivity index (χ3v) is 1.95. The van der Waals surface area contributed by atoms with E-state index in [1.54, 1.807) is 0 Å². The Labute approximate surface area is 102 Å². The second-order valence-corrected chi connectivity index (χ2v) is 3.22. The van der Waals surface area contributed by atoms with Crippen LogP contribution in [0.2, 0.25) is 0 Å². The second-order valence-electron chi connectivity index (χ2n) is 3.22. The molecule has 10 heteroatoms. The number of hydrogen-bond acceptors (Lipinski definition) is 4. The first-order chi connectivity index (χ1) is 8.65. The van der Waals surface area contributed by atoms with Crippen molar-refractivity contribution in [2.45, 2.75) is 19.3 Å². The van der Waals surface area contributed by atoms with Gasteiger partial charge in [-0.05, 0) is 6.07 Å². The molecule has 5 nitrogen and oxygen atoms in total. The Kier molecular flexibility index (Phi) is 4.24. The summed E-state index contributed by atoms with van der Waals surface area (Å²) in [5, 5.41) is 8.73. The number of aromatic carboxylic acids is 1. The monoisotopic (exact) mass is 286 g/mol. The van der Waals surface area contributed by atoms with Crippen LogP contribution in [-0.4, -0.2) is 22.4 Å². The maximum absolute atomic E-state index is 12.6. The lowest BCUT2D eigenvalue weighted by Gasteiger charge is -2.14. The van der Waals surface area contributed by atoms with E-state index in [0.29, 0.717) is 6.07 Å². The van der Waals surface area contributed by atoms with Crippen molar-refractivity contribution >= 4 is 5.97 Å². The molecule has 1 aromatic heterocycles. The Morgan fingerprint density at radius 1 is 1.47 bits per heavy atom. The van der Waals surface area contributed by atoms with Crippen LogP contribution in [-0.2, 0) is 6.54 Å². The molecule has 0 fully saturated rings. The Morgan fingerprint density at radius 2 is 2.05 bits per heavy atom. The molecule has 0 aliphatic carbocycles. The number of carbonyl (C=O) groups is 1. The number of nitrogens with zero attached hydrogens (tertiary/aromatic N) is 1. The number of carboxylic acids is 1. The maximum atomic E-state index is 12.6. The van der Waals surface area contributed by atoms with Gasteiger partial charge in [0.25, 0.3) is 6.43 Å². The first-order valence-electron chi connectivity index (χ1n) is 4.66. The molecule has 0 saturated carbocycles. The second kappa shape index (κ2) is 5.34. The average Bonchev–Trinajstić information content (AvgIpc) is 2.25. The normalized spacial score (nSPS) is 11.7. The van der Waals surface area contributed by atoms with Crippen molar-refractivity contribution in [3.8, 4) is 5.75 Å². The van der Waals surface area contributed by atoms with Gasteiger partial charge in [-0.15, -0.1) is 13.2 Å². The summed E-state index contributed by atoms with van der Waals surface area (Å²) in [5.74, 6) is -3.02. The number of ether oxygens (including phenoxy) is 1. The van der Waals surface area contributed by atoms with Crippen molar-refractivity contribution in [3.05, 3.63) is 23.0 Å². The summed E-state index contributed by atoms with van der Waals surface area (Å²) in [5.41, 5.74) is 2.59. The van der Waals surface area contributed by atoms with Crippen LogP contribution in [0.4, 0.5) is 22.0 Å². The molecule has 0 unspecified atom stereocenters. The minimum Gasteiger partial charge on any atom is -0.478 e. The van der Waals surface area contributed by atoms with Crippen LogP contribution in [0.3, 0.4) is 0 Å². The summed E-state index contributed by atoms with van der Waals surface area (Å²) >= 11 is 0. The van der Waals surface area contributed by atoms with Crippen LogP contribution < -0.4 is 10.5 Å². The van der Waals surface area contributed by atoms with Crippen molar-refractivity contribution in [1.82, 2.24) is 4.98 Å². The number of aromatic nitrogens is 1. The van der Waals surface area contributed by atoms with Crippen LogP contribution in [0.5, 0.6) is 5.75 Å². The molecule has 0 amide bonds. The first kappa shape index (κ1) is 15.1. The fraction of sp³-hybridized carbons (Fsp3) is 0.333. The third-order valence-electron chi connectivity index (χ3n) is 1.95. The number of carboxylic acid groups (broad SMARTS) is 1. The van der Waals surface area contributed by atoms with Crippen LogP contribution in [0, 0.1) is 0 Å². The minimum absolute atomic E-state index is 0.326. The summed E-state index contributed by atoms with van der Waals surface area (Å²) < 4.78 is 64.5. The summed E-state index contributed by atoms with van der Waals surface area (Å²) in [6.45, 7) is -0.520. The lowest BCUT2D eigenvalue weighted by Crippen LogP contribution is -2.20. The summed E-state index contributed by atoms with van der Waals surface area (Å²) in [6.07, 6.45) is -8.61. The van der Waals surface area contributed by atoms with Crippen LogP contribution in [0.15, 0.2) is 6.07 Å². The van der Waals surface area contributed by atoms with E-state index in [0.717, 1.165) is 0 Å². The lowest BCUT2D eigenvalue weighted by molar-refractivity contribution is -0.275. The van der Waals surface area contributed by atoms with Crippen LogP contribution in [0.25, 0.3) is 0 Å².